The lowest BCUT2D eigenvalue weighted by atomic mass is 9.83. The Morgan fingerprint density at radius 2 is 1.59 bits per heavy atom. The van der Waals surface area contributed by atoms with Crippen LogP contribution < -0.4 is 5.73 Å². The first-order valence-corrected chi connectivity index (χ1v) is 16.8. The molecule has 2 bridgehead atoms. The van der Waals surface area contributed by atoms with Crippen LogP contribution >= 0.6 is 0 Å². The fourth-order valence-electron chi connectivity index (χ4n) is 6.29. The van der Waals surface area contributed by atoms with E-state index in [9.17, 15) is 45.3 Å². The van der Waals surface area contributed by atoms with Crippen molar-refractivity contribution < 1.29 is 64.3 Å². The number of aliphatic carboxylic acids is 1. The maximum absolute atomic E-state index is 12.3. The van der Waals surface area contributed by atoms with Crippen molar-refractivity contribution in [3.8, 4) is 0 Å². The predicted molar refractivity (Wildman–Crippen MR) is 176 cm³/mol. The lowest BCUT2D eigenvalue weighted by Crippen LogP contribution is -2.61. The largest absolute Gasteiger partial charge is 0.481 e. The SMILES string of the molecule is CC[C@@H]1\C=C/C=C\C=C/C=C\[C@H](O[C@@H]2O[C@H](C)[C@H](O)[C@H](N)[C@@H]2O)C[C@H]2O[C@@](O)(C[C@H](O)C[C@H](O)C/C=C\C(=O)O[C@@H]1C)C[C@H](O)[C@H]2C(=O)O. The van der Waals surface area contributed by atoms with E-state index in [1.54, 1.807) is 50.3 Å². The number of esters is 1. The van der Waals surface area contributed by atoms with Crippen LogP contribution in [-0.2, 0) is 28.5 Å². The van der Waals surface area contributed by atoms with Crippen molar-refractivity contribution >= 4 is 11.9 Å². The van der Waals surface area contributed by atoms with Crippen molar-refractivity contribution in [3.63, 3.8) is 0 Å². The number of carbonyl (C=O) groups is 2. The molecule has 0 aromatic heterocycles. The van der Waals surface area contributed by atoms with Gasteiger partial charge in [-0.05, 0) is 33.1 Å². The summed E-state index contributed by atoms with van der Waals surface area (Å²) >= 11 is 0. The van der Waals surface area contributed by atoms with Crippen molar-refractivity contribution in [2.75, 3.05) is 0 Å². The number of ether oxygens (including phenoxy) is 4. The van der Waals surface area contributed by atoms with Gasteiger partial charge in [0.05, 0.1) is 48.8 Å². The molecule has 0 radical (unpaired) electrons. The Labute approximate surface area is 286 Å². The van der Waals surface area contributed by atoms with Crippen molar-refractivity contribution in [1.82, 2.24) is 0 Å². The van der Waals surface area contributed by atoms with Crippen LogP contribution in [0.2, 0.25) is 0 Å². The van der Waals surface area contributed by atoms with E-state index in [2.05, 4.69) is 0 Å². The Hall–Kier alpha value is -2.76. The Kier molecular flexibility index (Phi) is 15.8. The second-order valence-electron chi connectivity index (χ2n) is 13.1. The number of aliphatic hydroxyl groups excluding tert-OH is 5. The van der Waals surface area contributed by atoms with Crippen LogP contribution in [0.3, 0.4) is 0 Å². The Morgan fingerprint density at radius 3 is 2.24 bits per heavy atom. The molecule has 49 heavy (non-hydrogen) atoms. The molecular weight excluding hydrogens is 642 g/mol. The smallest absolute Gasteiger partial charge is 0.330 e. The van der Waals surface area contributed by atoms with Gasteiger partial charge in [-0.2, -0.15) is 0 Å². The normalized spacial score (nSPS) is 45.2. The molecule has 3 heterocycles. The van der Waals surface area contributed by atoms with Crippen LogP contribution in [0.15, 0.2) is 60.8 Å². The van der Waals surface area contributed by atoms with Crippen molar-refractivity contribution in [2.24, 2.45) is 17.6 Å². The van der Waals surface area contributed by atoms with Gasteiger partial charge in [-0.15, -0.1) is 0 Å². The van der Waals surface area contributed by atoms with Crippen molar-refractivity contribution in [3.05, 3.63) is 60.8 Å². The highest BCUT2D eigenvalue weighted by atomic mass is 16.7. The summed E-state index contributed by atoms with van der Waals surface area (Å²) in [6.45, 7) is 5.32. The zero-order valence-corrected chi connectivity index (χ0v) is 28.2. The topological polar surface area (TPSA) is 239 Å². The van der Waals surface area contributed by atoms with E-state index in [-0.39, 0.29) is 25.2 Å². The average Bonchev–Trinajstić information content (AvgIpc) is 3.00. The summed E-state index contributed by atoms with van der Waals surface area (Å²) in [5, 5.41) is 74.4. The summed E-state index contributed by atoms with van der Waals surface area (Å²) in [6.07, 6.45) is 4.26. The maximum Gasteiger partial charge on any atom is 0.330 e. The summed E-state index contributed by atoms with van der Waals surface area (Å²) in [5.41, 5.74) is 5.98. The molecule has 3 aliphatic heterocycles. The summed E-state index contributed by atoms with van der Waals surface area (Å²) in [4.78, 5) is 24.6. The molecule has 2 fully saturated rings. The first-order chi connectivity index (χ1) is 23.1. The van der Waals surface area contributed by atoms with Crippen LogP contribution in [0.25, 0.3) is 0 Å². The molecule has 0 aromatic carbocycles. The van der Waals surface area contributed by atoms with Crippen molar-refractivity contribution in [2.45, 2.75) is 132 Å². The molecule has 0 unspecified atom stereocenters. The van der Waals surface area contributed by atoms with Gasteiger partial charge in [-0.25, -0.2) is 4.79 Å². The highest BCUT2D eigenvalue weighted by molar-refractivity contribution is 5.82. The number of hydrogen-bond acceptors (Lipinski definition) is 13. The standard InChI is InChI=1S/C35H53NO13/c1-4-22-12-9-7-5-6-8-10-14-25(48-34-32(42)30(36)31(41)21(3)47-34)17-27-29(33(43)44)26(39)19-35(45,49-27)18-24(38)16-23(37)13-11-15-28(40)46-20(22)2/h5-12,14-15,20-27,29-32,34,37-39,41-42,45H,4,13,16-19,36H2,1-3H3,(H,43,44)/b7-5-,8-6-,12-9-,14-10-,15-11-/t20-,21-,22-,23-,24-,25+,26+,27-,29-,30+,31+,32+,34+,35+/m1/s1. The molecular formula is C35H53NO13. The van der Waals surface area contributed by atoms with E-state index in [0.29, 0.717) is 0 Å². The monoisotopic (exact) mass is 695 g/mol. The average molecular weight is 696 g/mol. The van der Waals surface area contributed by atoms with Gasteiger partial charge >= 0.3 is 11.9 Å². The predicted octanol–water partition coefficient (Wildman–Crippen LogP) is 0.739. The first kappa shape index (κ1) is 40.7. The second-order valence-corrected chi connectivity index (χ2v) is 13.1. The quantitative estimate of drug-likeness (QED) is 0.189. The summed E-state index contributed by atoms with van der Waals surface area (Å²) in [7, 11) is 0. The van der Waals surface area contributed by atoms with Gasteiger partial charge in [0.1, 0.15) is 18.1 Å². The maximum atomic E-state index is 12.3. The Balaban J connectivity index is 1.93. The van der Waals surface area contributed by atoms with E-state index < -0.39 is 104 Å². The number of carboxylic acid groups (broad SMARTS) is 1. The summed E-state index contributed by atoms with van der Waals surface area (Å²) in [5.74, 6) is -5.69. The number of rotatable bonds is 4. The first-order valence-electron chi connectivity index (χ1n) is 16.8. The molecule has 3 rings (SSSR count). The van der Waals surface area contributed by atoms with Gasteiger partial charge in [-0.1, -0.05) is 61.6 Å². The fourth-order valence-corrected chi connectivity index (χ4v) is 6.29. The van der Waals surface area contributed by atoms with Gasteiger partial charge in [0.25, 0.3) is 0 Å². The lowest BCUT2D eigenvalue weighted by molar-refractivity contribution is -0.308. The fraction of sp³-hybridized carbons (Fsp3) is 0.657. The minimum absolute atomic E-state index is 0.00132. The zero-order valence-electron chi connectivity index (χ0n) is 28.2. The summed E-state index contributed by atoms with van der Waals surface area (Å²) < 4.78 is 23.1. The van der Waals surface area contributed by atoms with Crippen LogP contribution in [0.4, 0.5) is 0 Å². The molecule has 0 saturated carbocycles. The molecule has 0 amide bonds. The number of aliphatic hydroxyl groups is 6. The Morgan fingerprint density at radius 1 is 0.939 bits per heavy atom. The van der Waals surface area contributed by atoms with Gasteiger partial charge in [0, 0.05) is 31.3 Å². The third-order valence-electron chi connectivity index (χ3n) is 9.05. The molecule has 0 spiro atoms. The highest BCUT2D eigenvalue weighted by Crippen LogP contribution is 2.38. The minimum Gasteiger partial charge on any atom is -0.481 e. The van der Waals surface area contributed by atoms with E-state index >= 15 is 0 Å². The van der Waals surface area contributed by atoms with Gasteiger partial charge in [0.15, 0.2) is 12.1 Å². The van der Waals surface area contributed by atoms with Gasteiger partial charge in [0.2, 0.25) is 0 Å². The molecule has 14 nitrogen and oxygen atoms in total. The van der Waals surface area contributed by atoms with Crippen LogP contribution in [0, 0.1) is 11.8 Å². The minimum atomic E-state index is -2.18. The van der Waals surface area contributed by atoms with Crippen LogP contribution in [-0.4, -0.2) is 121 Å². The van der Waals surface area contributed by atoms with Crippen LogP contribution in [0.5, 0.6) is 0 Å². The number of hydrogen-bond donors (Lipinski definition) is 8. The van der Waals surface area contributed by atoms with E-state index in [1.165, 1.54) is 12.2 Å². The molecule has 0 aliphatic carbocycles. The molecule has 14 atom stereocenters. The highest BCUT2D eigenvalue weighted by Gasteiger charge is 2.50. The van der Waals surface area contributed by atoms with Gasteiger partial charge in [-0.3, -0.25) is 4.79 Å². The summed E-state index contributed by atoms with van der Waals surface area (Å²) in [6, 6.07) is -1.09. The number of cyclic esters (lactones) is 1. The van der Waals surface area contributed by atoms with Gasteiger partial charge < -0.3 is 60.4 Å². The van der Waals surface area contributed by atoms with Crippen molar-refractivity contribution in [1.29, 1.82) is 0 Å². The molecule has 9 N–H and O–H groups in total. The second kappa shape index (κ2) is 19.0. The molecule has 14 heteroatoms. The van der Waals surface area contributed by atoms with E-state index in [0.717, 1.165) is 6.42 Å². The third-order valence-corrected chi connectivity index (χ3v) is 9.05. The number of carbonyl (C=O) groups excluding carboxylic acids is 1. The number of carboxylic acids is 1. The number of allylic oxidation sites excluding steroid dienone is 6. The molecule has 3 aliphatic rings. The Bertz CT molecular complexity index is 1220. The van der Waals surface area contributed by atoms with Crippen LogP contribution in [0.1, 0.15) is 59.3 Å². The van der Waals surface area contributed by atoms with E-state index in [1.807, 2.05) is 19.1 Å². The third kappa shape index (κ3) is 12.2. The van der Waals surface area contributed by atoms with E-state index in [4.69, 9.17) is 24.7 Å². The molecule has 2 saturated heterocycles. The molecule has 276 valence electrons. The number of fused-ring (bicyclic) bond motifs is 2. The lowest BCUT2D eigenvalue weighted by Gasteiger charge is -2.45. The number of nitrogens with two attached hydrogens (primary N) is 1. The zero-order chi connectivity index (χ0) is 36.3. The molecule has 0 aromatic rings.